The number of aromatic amines is 1. The van der Waals surface area contributed by atoms with Crippen LogP contribution in [0, 0.1) is 13.8 Å². The predicted octanol–water partition coefficient (Wildman–Crippen LogP) is 1.95. The standard InChI is InChI=1S/C17H21N3O2/c1-11-8-13(4-5-16(11)22-3)9-20-7-6-15-14(10-20)17(21)19-12(2)18-15/h4-5,8H,6-7,9-10H2,1-3H3,(H,18,19,21). The van der Waals surface area contributed by atoms with Crippen LogP contribution in [0.25, 0.3) is 0 Å². The van der Waals surface area contributed by atoms with Gasteiger partial charge in [-0.25, -0.2) is 4.98 Å². The van der Waals surface area contributed by atoms with Gasteiger partial charge in [-0.1, -0.05) is 12.1 Å². The van der Waals surface area contributed by atoms with Crippen LogP contribution >= 0.6 is 0 Å². The van der Waals surface area contributed by atoms with Gasteiger partial charge in [-0.05, 0) is 31.0 Å². The van der Waals surface area contributed by atoms with E-state index in [1.54, 1.807) is 7.11 Å². The Morgan fingerprint density at radius 2 is 2.18 bits per heavy atom. The molecule has 1 aromatic carbocycles. The zero-order valence-corrected chi connectivity index (χ0v) is 13.3. The van der Waals surface area contributed by atoms with E-state index in [4.69, 9.17) is 4.74 Å². The maximum atomic E-state index is 12.1. The molecule has 0 saturated carbocycles. The second-order valence-corrected chi connectivity index (χ2v) is 5.84. The van der Waals surface area contributed by atoms with E-state index in [0.717, 1.165) is 42.1 Å². The van der Waals surface area contributed by atoms with Crippen molar-refractivity contribution in [1.29, 1.82) is 0 Å². The zero-order chi connectivity index (χ0) is 15.7. The van der Waals surface area contributed by atoms with Crippen molar-refractivity contribution in [3.63, 3.8) is 0 Å². The van der Waals surface area contributed by atoms with Crippen molar-refractivity contribution < 1.29 is 4.74 Å². The van der Waals surface area contributed by atoms with E-state index in [0.29, 0.717) is 12.4 Å². The third kappa shape index (κ3) is 2.90. The molecule has 0 unspecified atom stereocenters. The van der Waals surface area contributed by atoms with Gasteiger partial charge < -0.3 is 9.72 Å². The van der Waals surface area contributed by atoms with Crippen LogP contribution in [0.5, 0.6) is 5.75 Å². The predicted molar refractivity (Wildman–Crippen MR) is 85.1 cm³/mol. The highest BCUT2D eigenvalue weighted by Crippen LogP contribution is 2.21. The smallest absolute Gasteiger partial charge is 0.255 e. The normalized spacial score (nSPS) is 14.7. The number of rotatable bonds is 3. The van der Waals surface area contributed by atoms with Crippen LogP contribution in [-0.4, -0.2) is 28.5 Å². The zero-order valence-electron chi connectivity index (χ0n) is 13.3. The number of nitrogens with one attached hydrogen (secondary N) is 1. The third-order valence-electron chi connectivity index (χ3n) is 4.13. The van der Waals surface area contributed by atoms with Gasteiger partial charge in [0.15, 0.2) is 0 Å². The summed E-state index contributed by atoms with van der Waals surface area (Å²) in [6.07, 6.45) is 0.829. The molecule has 0 amide bonds. The van der Waals surface area contributed by atoms with Gasteiger partial charge in [-0.3, -0.25) is 9.69 Å². The van der Waals surface area contributed by atoms with Crippen LogP contribution < -0.4 is 10.3 Å². The number of nitrogens with zero attached hydrogens (tertiary/aromatic N) is 2. The van der Waals surface area contributed by atoms with Crippen molar-refractivity contribution in [1.82, 2.24) is 14.9 Å². The summed E-state index contributed by atoms with van der Waals surface area (Å²) in [5.41, 5.74) is 4.12. The van der Waals surface area contributed by atoms with Crippen LogP contribution in [0.1, 0.15) is 28.2 Å². The number of fused-ring (bicyclic) bond motifs is 1. The minimum Gasteiger partial charge on any atom is -0.496 e. The second-order valence-electron chi connectivity index (χ2n) is 5.84. The highest BCUT2D eigenvalue weighted by atomic mass is 16.5. The Kier molecular flexibility index (Phi) is 3.98. The van der Waals surface area contributed by atoms with E-state index < -0.39 is 0 Å². The van der Waals surface area contributed by atoms with Gasteiger partial charge in [0, 0.05) is 26.1 Å². The molecule has 3 rings (SSSR count). The highest BCUT2D eigenvalue weighted by molar-refractivity contribution is 5.36. The lowest BCUT2D eigenvalue weighted by Gasteiger charge is -2.27. The fourth-order valence-corrected chi connectivity index (χ4v) is 3.04. The minimum atomic E-state index is -0.00175. The molecule has 0 fully saturated rings. The first kappa shape index (κ1) is 14.8. The molecule has 1 N–H and O–H groups in total. The van der Waals surface area contributed by atoms with Gasteiger partial charge in [-0.2, -0.15) is 0 Å². The quantitative estimate of drug-likeness (QED) is 0.941. The molecule has 0 saturated heterocycles. The lowest BCUT2D eigenvalue weighted by atomic mass is 10.0. The molecule has 1 aromatic heterocycles. The van der Waals surface area contributed by atoms with Crippen molar-refractivity contribution >= 4 is 0 Å². The largest absolute Gasteiger partial charge is 0.496 e. The SMILES string of the molecule is COc1ccc(CN2CCc3nc(C)[nH]c(=O)c3C2)cc1C. The van der Waals surface area contributed by atoms with Gasteiger partial charge in [0.25, 0.3) is 5.56 Å². The van der Waals surface area contributed by atoms with Crippen LogP contribution in [0.15, 0.2) is 23.0 Å². The molecule has 1 aliphatic rings. The maximum Gasteiger partial charge on any atom is 0.255 e. The van der Waals surface area contributed by atoms with Gasteiger partial charge in [0.2, 0.25) is 0 Å². The van der Waals surface area contributed by atoms with E-state index in [9.17, 15) is 4.79 Å². The molecule has 2 heterocycles. The number of methoxy groups -OCH3 is 1. The molecule has 0 aliphatic carbocycles. The van der Waals surface area contributed by atoms with Crippen molar-refractivity contribution in [3.8, 4) is 5.75 Å². The van der Waals surface area contributed by atoms with Crippen LogP contribution in [-0.2, 0) is 19.5 Å². The van der Waals surface area contributed by atoms with Crippen molar-refractivity contribution in [2.45, 2.75) is 33.4 Å². The summed E-state index contributed by atoms with van der Waals surface area (Å²) in [7, 11) is 1.69. The molecule has 0 bridgehead atoms. The van der Waals surface area contributed by atoms with Crippen molar-refractivity contribution in [2.75, 3.05) is 13.7 Å². The molecule has 0 radical (unpaired) electrons. The molecule has 2 aromatic rings. The molecule has 22 heavy (non-hydrogen) atoms. The first-order chi connectivity index (χ1) is 10.6. The second kappa shape index (κ2) is 5.93. The Balaban J connectivity index is 1.78. The van der Waals surface area contributed by atoms with E-state index >= 15 is 0 Å². The Morgan fingerprint density at radius 1 is 1.36 bits per heavy atom. The summed E-state index contributed by atoms with van der Waals surface area (Å²) >= 11 is 0. The monoisotopic (exact) mass is 299 g/mol. The molecule has 0 spiro atoms. The number of H-pyrrole nitrogens is 1. The van der Waals surface area contributed by atoms with Crippen LogP contribution in [0.3, 0.4) is 0 Å². The minimum absolute atomic E-state index is 0.00175. The van der Waals surface area contributed by atoms with Gasteiger partial charge in [0.1, 0.15) is 11.6 Å². The Labute approximate surface area is 130 Å². The number of aryl methyl sites for hydroxylation is 2. The summed E-state index contributed by atoms with van der Waals surface area (Å²) < 4.78 is 5.30. The lowest BCUT2D eigenvalue weighted by molar-refractivity contribution is 0.241. The van der Waals surface area contributed by atoms with Crippen LogP contribution in [0.4, 0.5) is 0 Å². The molecular formula is C17H21N3O2. The topological polar surface area (TPSA) is 58.2 Å². The highest BCUT2D eigenvalue weighted by Gasteiger charge is 2.20. The van der Waals surface area contributed by atoms with E-state index in [1.807, 2.05) is 19.9 Å². The first-order valence-corrected chi connectivity index (χ1v) is 7.51. The number of aromatic nitrogens is 2. The lowest BCUT2D eigenvalue weighted by Crippen LogP contribution is -2.35. The summed E-state index contributed by atoms with van der Waals surface area (Å²) in [5, 5.41) is 0. The number of ether oxygens (including phenoxy) is 1. The molecule has 5 nitrogen and oxygen atoms in total. The van der Waals surface area contributed by atoms with Crippen molar-refractivity contribution in [3.05, 3.63) is 56.8 Å². The molecule has 0 atom stereocenters. The third-order valence-corrected chi connectivity index (χ3v) is 4.13. The summed E-state index contributed by atoms with van der Waals surface area (Å²) in [6.45, 7) is 6.29. The van der Waals surface area contributed by atoms with E-state index in [-0.39, 0.29) is 5.56 Å². The summed E-state index contributed by atoms with van der Waals surface area (Å²) in [5.74, 6) is 1.60. The van der Waals surface area contributed by atoms with E-state index in [2.05, 4.69) is 27.0 Å². The molecular weight excluding hydrogens is 278 g/mol. The van der Waals surface area contributed by atoms with Gasteiger partial charge in [0.05, 0.1) is 18.4 Å². The Morgan fingerprint density at radius 3 is 2.91 bits per heavy atom. The molecule has 116 valence electrons. The number of hydrogen-bond acceptors (Lipinski definition) is 4. The van der Waals surface area contributed by atoms with Gasteiger partial charge >= 0.3 is 0 Å². The molecule has 5 heteroatoms. The fraction of sp³-hybridized carbons (Fsp3) is 0.412. The first-order valence-electron chi connectivity index (χ1n) is 7.51. The average Bonchev–Trinajstić information content (AvgIpc) is 2.48. The van der Waals surface area contributed by atoms with E-state index in [1.165, 1.54) is 5.56 Å². The number of hydrogen-bond donors (Lipinski definition) is 1. The Hall–Kier alpha value is -2.14. The van der Waals surface area contributed by atoms with Gasteiger partial charge in [-0.15, -0.1) is 0 Å². The average molecular weight is 299 g/mol. The maximum absolute atomic E-state index is 12.1. The summed E-state index contributed by atoms with van der Waals surface area (Å²) in [4.78, 5) is 21.6. The van der Waals surface area contributed by atoms with Crippen molar-refractivity contribution in [2.24, 2.45) is 0 Å². The van der Waals surface area contributed by atoms with Crippen LogP contribution in [0.2, 0.25) is 0 Å². The Bertz CT molecular complexity index is 752. The summed E-state index contributed by atoms with van der Waals surface area (Å²) in [6, 6.07) is 6.23. The molecule has 1 aliphatic heterocycles. The number of benzene rings is 1. The fourth-order valence-electron chi connectivity index (χ4n) is 3.04.